The number of carboxylic acid groups (broad SMARTS) is 1. The Hall–Kier alpha value is -3.61. The summed E-state index contributed by atoms with van der Waals surface area (Å²) in [7, 11) is 0. The Morgan fingerprint density at radius 3 is 2.79 bits per heavy atom. The number of aryl methyl sites for hydroxylation is 1. The first-order valence-electron chi connectivity index (χ1n) is 10.2. The van der Waals surface area contributed by atoms with Gasteiger partial charge in [-0.25, -0.2) is 9.78 Å². The number of carbonyl (C=O) groups is 2. The van der Waals surface area contributed by atoms with Crippen LogP contribution < -0.4 is 5.32 Å². The van der Waals surface area contributed by atoms with E-state index in [0.717, 1.165) is 18.4 Å². The number of rotatable bonds is 3. The molecule has 1 fully saturated rings. The lowest BCUT2D eigenvalue weighted by atomic mass is 9.82. The Bertz CT molecular complexity index is 1160. The number of carboxylic acids is 1. The van der Waals surface area contributed by atoms with Crippen molar-refractivity contribution >= 4 is 23.5 Å². The summed E-state index contributed by atoms with van der Waals surface area (Å²) >= 11 is 5.94. The molecule has 1 amide bonds. The molecule has 10 heteroatoms. The fraction of sp³-hybridized carbons (Fsp3) is 0.304. The standard InChI is InChI=1S/C17H17ClN4O2.C6H6O3/c18-13-4-1-3-12(9-13)6-8-17(24)7-2-5-14(10-17)21-16(23)15-19-11-20-22-15;1-4-5(6(7)8)2-3-9-4/h1,3-4,9,11,14,24H,2,5,7,10H2,(H,21,23)(H,19,20,22);2-3H,1H3,(H,7,8)/t14-,17+;/m0./s1. The van der Waals surface area contributed by atoms with E-state index >= 15 is 0 Å². The molecule has 9 nitrogen and oxygen atoms in total. The van der Waals surface area contributed by atoms with Crippen LogP contribution in [0.2, 0.25) is 5.02 Å². The predicted molar refractivity (Wildman–Crippen MR) is 120 cm³/mol. The maximum Gasteiger partial charge on any atom is 0.339 e. The van der Waals surface area contributed by atoms with Crippen LogP contribution in [0.5, 0.6) is 0 Å². The molecule has 0 unspecified atom stereocenters. The van der Waals surface area contributed by atoms with Crippen molar-refractivity contribution in [3.05, 3.63) is 70.7 Å². The second-order valence-corrected chi connectivity index (χ2v) is 8.02. The van der Waals surface area contributed by atoms with Crippen LogP contribution >= 0.6 is 11.6 Å². The molecule has 4 N–H and O–H groups in total. The second kappa shape index (κ2) is 10.8. The molecule has 0 bridgehead atoms. The van der Waals surface area contributed by atoms with Crippen LogP contribution in [0.25, 0.3) is 0 Å². The van der Waals surface area contributed by atoms with Crippen molar-refractivity contribution < 1.29 is 24.2 Å². The van der Waals surface area contributed by atoms with E-state index in [1.807, 2.05) is 12.1 Å². The number of aromatic nitrogens is 3. The molecular weight excluding hydrogens is 448 g/mol. The van der Waals surface area contributed by atoms with E-state index in [-0.39, 0.29) is 23.3 Å². The molecule has 2 atom stereocenters. The van der Waals surface area contributed by atoms with Crippen LogP contribution in [-0.4, -0.2) is 48.9 Å². The number of amides is 1. The van der Waals surface area contributed by atoms with E-state index in [1.54, 1.807) is 19.1 Å². The number of nitrogens with zero attached hydrogens (tertiary/aromatic N) is 2. The molecule has 1 aliphatic carbocycles. The monoisotopic (exact) mass is 470 g/mol. The van der Waals surface area contributed by atoms with Crippen molar-refractivity contribution in [2.45, 2.75) is 44.2 Å². The summed E-state index contributed by atoms with van der Waals surface area (Å²) in [6.07, 6.45) is 5.17. The van der Waals surface area contributed by atoms with Gasteiger partial charge in [-0.2, -0.15) is 5.10 Å². The van der Waals surface area contributed by atoms with Crippen LogP contribution in [-0.2, 0) is 0 Å². The predicted octanol–water partition coefficient (Wildman–Crippen LogP) is 3.20. The number of aliphatic hydroxyl groups is 1. The van der Waals surface area contributed by atoms with Gasteiger partial charge in [-0.15, -0.1) is 0 Å². The molecule has 0 aliphatic heterocycles. The minimum absolute atomic E-state index is 0.157. The van der Waals surface area contributed by atoms with Crippen LogP contribution in [0.1, 0.15) is 58.0 Å². The highest BCUT2D eigenvalue weighted by atomic mass is 35.5. The highest BCUT2D eigenvalue weighted by molar-refractivity contribution is 6.30. The van der Waals surface area contributed by atoms with Crippen LogP contribution in [0.3, 0.4) is 0 Å². The number of furan rings is 1. The summed E-state index contributed by atoms with van der Waals surface area (Å²) in [5.41, 5.74) is -0.140. The average Bonchev–Trinajstić information content (AvgIpc) is 3.45. The van der Waals surface area contributed by atoms with Crippen LogP contribution in [0.15, 0.2) is 47.3 Å². The number of carbonyl (C=O) groups excluding carboxylic acids is 1. The fourth-order valence-corrected chi connectivity index (χ4v) is 3.61. The Labute approximate surface area is 195 Å². The zero-order chi connectivity index (χ0) is 23.8. The molecule has 1 aromatic carbocycles. The first kappa shape index (κ1) is 24.0. The van der Waals surface area contributed by atoms with Gasteiger partial charge in [-0.05, 0) is 50.5 Å². The van der Waals surface area contributed by atoms with Gasteiger partial charge in [0.15, 0.2) is 0 Å². The normalized spacial score (nSPS) is 19.4. The van der Waals surface area contributed by atoms with Gasteiger partial charge in [0, 0.05) is 23.0 Å². The number of H-pyrrole nitrogens is 1. The van der Waals surface area contributed by atoms with Gasteiger partial charge in [0.05, 0.1) is 6.26 Å². The molecule has 1 saturated carbocycles. The van der Waals surface area contributed by atoms with E-state index in [2.05, 4.69) is 32.3 Å². The smallest absolute Gasteiger partial charge is 0.339 e. The van der Waals surface area contributed by atoms with Gasteiger partial charge >= 0.3 is 5.97 Å². The summed E-state index contributed by atoms with van der Waals surface area (Å²) in [4.78, 5) is 26.1. The summed E-state index contributed by atoms with van der Waals surface area (Å²) < 4.78 is 4.74. The topological polar surface area (TPSA) is 141 Å². The molecular formula is C23H23ClN4O5. The summed E-state index contributed by atoms with van der Waals surface area (Å²) in [5.74, 6) is 5.25. The molecule has 33 heavy (non-hydrogen) atoms. The molecule has 2 aromatic heterocycles. The highest BCUT2D eigenvalue weighted by Gasteiger charge is 2.33. The summed E-state index contributed by atoms with van der Waals surface area (Å²) in [6, 6.07) is 8.46. The first-order chi connectivity index (χ1) is 15.8. The van der Waals surface area contributed by atoms with Gasteiger partial charge in [0.2, 0.25) is 5.82 Å². The zero-order valence-corrected chi connectivity index (χ0v) is 18.6. The quantitative estimate of drug-likeness (QED) is 0.430. The Balaban J connectivity index is 0.000000286. The molecule has 3 aromatic rings. The maximum absolute atomic E-state index is 12.0. The van der Waals surface area contributed by atoms with Crippen molar-refractivity contribution in [1.82, 2.24) is 20.5 Å². The Morgan fingerprint density at radius 1 is 1.36 bits per heavy atom. The largest absolute Gasteiger partial charge is 0.478 e. The number of hydrogen-bond donors (Lipinski definition) is 4. The number of nitrogens with one attached hydrogen (secondary N) is 2. The Morgan fingerprint density at radius 2 is 2.18 bits per heavy atom. The van der Waals surface area contributed by atoms with Crippen molar-refractivity contribution in [1.29, 1.82) is 0 Å². The SMILES string of the molecule is Cc1occc1C(=O)O.O=C(N[C@H]1CCC[C@@](O)(C#Cc2cccc(Cl)c2)C1)c1ncn[nH]1. The number of benzene rings is 1. The number of aromatic amines is 1. The highest BCUT2D eigenvalue weighted by Crippen LogP contribution is 2.28. The molecule has 4 rings (SSSR count). The van der Waals surface area contributed by atoms with Gasteiger partial charge in [0.1, 0.15) is 23.3 Å². The molecule has 0 spiro atoms. The third kappa shape index (κ3) is 6.94. The number of hydrogen-bond acceptors (Lipinski definition) is 6. The molecule has 172 valence electrons. The van der Waals surface area contributed by atoms with E-state index in [0.29, 0.717) is 23.6 Å². The van der Waals surface area contributed by atoms with Crippen molar-refractivity contribution in [3.63, 3.8) is 0 Å². The molecule has 0 radical (unpaired) electrons. The second-order valence-electron chi connectivity index (χ2n) is 7.59. The summed E-state index contributed by atoms with van der Waals surface area (Å²) in [6.45, 7) is 1.61. The number of aromatic carboxylic acids is 1. The van der Waals surface area contributed by atoms with Crippen LogP contribution in [0.4, 0.5) is 0 Å². The average molecular weight is 471 g/mol. The molecule has 1 aliphatic rings. The van der Waals surface area contributed by atoms with E-state index in [4.69, 9.17) is 21.1 Å². The van der Waals surface area contributed by atoms with E-state index in [9.17, 15) is 14.7 Å². The lowest BCUT2D eigenvalue weighted by Gasteiger charge is -2.33. The van der Waals surface area contributed by atoms with Crippen molar-refractivity contribution in [2.75, 3.05) is 0 Å². The molecule has 0 saturated heterocycles. The van der Waals surface area contributed by atoms with Gasteiger partial charge in [-0.1, -0.05) is 29.5 Å². The summed E-state index contributed by atoms with van der Waals surface area (Å²) in [5, 5.41) is 28.8. The van der Waals surface area contributed by atoms with Crippen LogP contribution in [0, 0.1) is 18.8 Å². The maximum atomic E-state index is 12.0. The minimum Gasteiger partial charge on any atom is -0.478 e. The Kier molecular flexibility index (Phi) is 7.87. The number of halogens is 1. The zero-order valence-electron chi connectivity index (χ0n) is 17.8. The first-order valence-corrected chi connectivity index (χ1v) is 10.6. The van der Waals surface area contributed by atoms with Gasteiger partial charge in [0.25, 0.3) is 5.91 Å². The van der Waals surface area contributed by atoms with Crippen molar-refractivity contribution in [3.8, 4) is 11.8 Å². The van der Waals surface area contributed by atoms with Crippen molar-refractivity contribution in [2.24, 2.45) is 0 Å². The van der Waals surface area contributed by atoms with Gasteiger partial charge in [-0.3, -0.25) is 9.89 Å². The van der Waals surface area contributed by atoms with Gasteiger partial charge < -0.3 is 19.9 Å². The van der Waals surface area contributed by atoms with E-state index < -0.39 is 11.6 Å². The lowest BCUT2D eigenvalue weighted by Crippen LogP contribution is -2.45. The van der Waals surface area contributed by atoms with E-state index in [1.165, 1.54) is 18.7 Å². The third-order valence-electron chi connectivity index (χ3n) is 5.05. The lowest BCUT2D eigenvalue weighted by molar-refractivity contribution is 0.0450. The minimum atomic E-state index is -1.13. The third-order valence-corrected chi connectivity index (χ3v) is 5.28. The fourth-order valence-electron chi connectivity index (χ4n) is 3.42. The molecule has 2 heterocycles.